The smallest absolute Gasteiger partial charge is 0.221 e. The second-order valence-electron chi connectivity index (χ2n) is 3.02. The summed E-state index contributed by atoms with van der Waals surface area (Å²) in [5, 5.41) is 5.20. The van der Waals surface area contributed by atoms with Gasteiger partial charge in [-0.25, -0.2) is 4.39 Å². The van der Waals surface area contributed by atoms with Crippen LogP contribution in [0.1, 0.15) is 12.5 Å². The molecular weight excluding hydrogens is 183 g/mol. The van der Waals surface area contributed by atoms with Crippen molar-refractivity contribution in [1.82, 2.24) is 0 Å². The van der Waals surface area contributed by atoms with Crippen LogP contribution in [0, 0.1) is 6.92 Å². The average molecular weight is 196 g/mol. The number of carbonyl (C=O) groups is 1. The molecule has 1 rings (SSSR count). The summed E-state index contributed by atoms with van der Waals surface area (Å²) in [5.41, 5.74) is 2.31. The molecule has 0 spiro atoms. The zero-order valence-electron chi connectivity index (χ0n) is 8.23. The van der Waals surface area contributed by atoms with Gasteiger partial charge < -0.3 is 10.6 Å². The summed E-state index contributed by atoms with van der Waals surface area (Å²) >= 11 is 0. The number of amides is 1. The molecule has 0 unspecified atom stereocenters. The maximum atomic E-state index is 12.0. The summed E-state index contributed by atoms with van der Waals surface area (Å²) in [5.74, 6) is -0.134. The van der Waals surface area contributed by atoms with Crippen LogP contribution < -0.4 is 10.6 Å². The molecule has 0 saturated heterocycles. The summed E-state index contributed by atoms with van der Waals surface area (Å²) in [7, 11) is 0. The Morgan fingerprint density at radius 2 is 2.21 bits per heavy atom. The second kappa shape index (κ2) is 4.60. The molecule has 0 aliphatic carbocycles. The van der Waals surface area contributed by atoms with Crippen molar-refractivity contribution in [3.05, 3.63) is 23.8 Å². The standard InChI is InChI=1S/C10H13FN2O/c1-7-3-4-9(12-6-11)5-10(7)13-8(2)14/h3-5,12H,6H2,1-2H3,(H,13,14). The Morgan fingerprint density at radius 1 is 1.50 bits per heavy atom. The number of hydrogen-bond donors (Lipinski definition) is 2. The molecule has 0 fully saturated rings. The minimum Gasteiger partial charge on any atom is -0.358 e. The van der Waals surface area contributed by atoms with Crippen LogP contribution in [-0.2, 0) is 4.79 Å². The number of alkyl halides is 1. The molecule has 0 radical (unpaired) electrons. The highest BCUT2D eigenvalue weighted by molar-refractivity contribution is 5.90. The summed E-state index contributed by atoms with van der Waals surface area (Å²) in [6.07, 6.45) is 0. The van der Waals surface area contributed by atoms with Crippen LogP contribution >= 0.6 is 0 Å². The Bertz CT molecular complexity index is 339. The summed E-state index contributed by atoms with van der Waals surface area (Å²) in [6, 6.07) is 5.29. The molecule has 0 bridgehead atoms. The number of benzene rings is 1. The van der Waals surface area contributed by atoms with E-state index in [-0.39, 0.29) is 5.91 Å². The molecule has 1 amide bonds. The SMILES string of the molecule is CC(=O)Nc1cc(NCF)ccc1C. The lowest BCUT2D eigenvalue weighted by molar-refractivity contribution is -0.114. The summed E-state index contributed by atoms with van der Waals surface area (Å²) < 4.78 is 12.0. The molecule has 1 aromatic rings. The van der Waals surface area contributed by atoms with Gasteiger partial charge in [-0.1, -0.05) is 6.07 Å². The summed E-state index contributed by atoms with van der Waals surface area (Å²) in [4.78, 5) is 10.8. The van der Waals surface area contributed by atoms with Gasteiger partial charge in [-0.15, -0.1) is 0 Å². The zero-order valence-corrected chi connectivity index (χ0v) is 8.23. The van der Waals surface area contributed by atoms with Crippen LogP contribution in [-0.4, -0.2) is 12.7 Å². The first-order valence-electron chi connectivity index (χ1n) is 4.31. The fourth-order valence-corrected chi connectivity index (χ4v) is 1.13. The number of anilines is 2. The van der Waals surface area contributed by atoms with Crippen LogP contribution in [0.4, 0.5) is 15.8 Å². The molecule has 0 aliphatic rings. The van der Waals surface area contributed by atoms with Crippen molar-refractivity contribution in [2.24, 2.45) is 0 Å². The molecule has 4 heteroatoms. The van der Waals surface area contributed by atoms with Gasteiger partial charge >= 0.3 is 0 Å². The number of aryl methyl sites for hydroxylation is 1. The van der Waals surface area contributed by atoms with Crippen LogP contribution in [0.3, 0.4) is 0 Å². The third-order valence-corrected chi connectivity index (χ3v) is 1.82. The van der Waals surface area contributed by atoms with Gasteiger partial charge in [0.1, 0.15) is 0 Å². The Labute approximate surface area is 82.3 Å². The van der Waals surface area contributed by atoms with Crippen LogP contribution in [0.2, 0.25) is 0 Å². The van der Waals surface area contributed by atoms with Crippen molar-refractivity contribution in [2.75, 3.05) is 17.4 Å². The Balaban J connectivity index is 2.90. The molecule has 2 N–H and O–H groups in total. The third kappa shape index (κ3) is 2.73. The molecule has 0 heterocycles. The maximum Gasteiger partial charge on any atom is 0.221 e. The minimum atomic E-state index is -0.622. The van der Waals surface area contributed by atoms with E-state index >= 15 is 0 Å². The summed E-state index contributed by atoms with van der Waals surface area (Å²) in [6.45, 7) is 2.70. The van der Waals surface area contributed by atoms with Gasteiger partial charge in [0.25, 0.3) is 0 Å². The lowest BCUT2D eigenvalue weighted by Gasteiger charge is -2.09. The van der Waals surface area contributed by atoms with E-state index in [2.05, 4.69) is 10.6 Å². The molecular formula is C10H13FN2O. The molecule has 0 saturated carbocycles. The lowest BCUT2D eigenvalue weighted by Crippen LogP contribution is -2.07. The molecule has 0 aromatic heterocycles. The first kappa shape index (κ1) is 10.5. The van der Waals surface area contributed by atoms with Gasteiger partial charge in [0.2, 0.25) is 5.91 Å². The second-order valence-corrected chi connectivity index (χ2v) is 3.02. The molecule has 76 valence electrons. The highest BCUT2D eigenvalue weighted by Crippen LogP contribution is 2.19. The predicted octanol–water partition coefficient (Wildman–Crippen LogP) is 2.29. The van der Waals surface area contributed by atoms with E-state index in [0.717, 1.165) is 5.56 Å². The van der Waals surface area contributed by atoms with E-state index in [9.17, 15) is 9.18 Å². The van der Waals surface area contributed by atoms with Gasteiger partial charge in [0, 0.05) is 18.3 Å². The van der Waals surface area contributed by atoms with E-state index in [4.69, 9.17) is 0 Å². The first-order chi connectivity index (χ1) is 6.63. The molecule has 3 nitrogen and oxygen atoms in total. The van der Waals surface area contributed by atoms with Gasteiger partial charge in [-0.2, -0.15) is 0 Å². The Hall–Kier alpha value is -1.58. The van der Waals surface area contributed by atoms with Crippen LogP contribution in [0.15, 0.2) is 18.2 Å². The van der Waals surface area contributed by atoms with E-state index in [1.807, 2.05) is 13.0 Å². The molecule has 14 heavy (non-hydrogen) atoms. The largest absolute Gasteiger partial charge is 0.358 e. The first-order valence-corrected chi connectivity index (χ1v) is 4.31. The topological polar surface area (TPSA) is 41.1 Å². The normalized spacial score (nSPS) is 9.64. The van der Waals surface area contributed by atoms with Crippen molar-refractivity contribution in [3.63, 3.8) is 0 Å². The van der Waals surface area contributed by atoms with Crippen molar-refractivity contribution in [2.45, 2.75) is 13.8 Å². The number of carbonyl (C=O) groups excluding carboxylic acids is 1. The van der Waals surface area contributed by atoms with Crippen LogP contribution in [0.25, 0.3) is 0 Å². The minimum absolute atomic E-state index is 0.134. The van der Waals surface area contributed by atoms with Gasteiger partial charge in [-0.3, -0.25) is 4.79 Å². The van der Waals surface area contributed by atoms with Gasteiger partial charge in [0.15, 0.2) is 6.80 Å². The fourth-order valence-electron chi connectivity index (χ4n) is 1.13. The number of rotatable bonds is 3. The lowest BCUT2D eigenvalue weighted by atomic mass is 10.2. The van der Waals surface area contributed by atoms with Crippen molar-refractivity contribution in [1.29, 1.82) is 0 Å². The highest BCUT2D eigenvalue weighted by Gasteiger charge is 2.01. The zero-order chi connectivity index (χ0) is 10.6. The Morgan fingerprint density at radius 3 is 2.79 bits per heavy atom. The van der Waals surface area contributed by atoms with E-state index in [1.165, 1.54) is 6.92 Å². The number of hydrogen-bond acceptors (Lipinski definition) is 2. The van der Waals surface area contributed by atoms with E-state index in [0.29, 0.717) is 11.4 Å². The van der Waals surface area contributed by atoms with Crippen LogP contribution in [0.5, 0.6) is 0 Å². The molecule has 0 atom stereocenters. The molecule has 0 aliphatic heterocycles. The predicted molar refractivity (Wildman–Crippen MR) is 55.1 cm³/mol. The van der Waals surface area contributed by atoms with E-state index in [1.54, 1.807) is 12.1 Å². The quantitative estimate of drug-likeness (QED) is 0.728. The third-order valence-electron chi connectivity index (χ3n) is 1.82. The van der Waals surface area contributed by atoms with Crippen molar-refractivity contribution in [3.8, 4) is 0 Å². The Kier molecular flexibility index (Phi) is 3.45. The van der Waals surface area contributed by atoms with Gasteiger partial charge in [0.05, 0.1) is 0 Å². The monoisotopic (exact) mass is 196 g/mol. The fraction of sp³-hybridized carbons (Fsp3) is 0.300. The van der Waals surface area contributed by atoms with Gasteiger partial charge in [-0.05, 0) is 24.6 Å². The average Bonchev–Trinajstić information content (AvgIpc) is 2.10. The number of halogens is 1. The van der Waals surface area contributed by atoms with E-state index < -0.39 is 6.80 Å². The van der Waals surface area contributed by atoms with Crippen molar-refractivity contribution < 1.29 is 9.18 Å². The highest BCUT2D eigenvalue weighted by atomic mass is 19.1. The number of nitrogens with one attached hydrogen (secondary N) is 2. The van der Waals surface area contributed by atoms with Crippen molar-refractivity contribution >= 4 is 17.3 Å². The molecule has 1 aromatic carbocycles. The maximum absolute atomic E-state index is 12.0.